The average Bonchev–Trinajstić information content (AvgIpc) is 3.07. The predicted molar refractivity (Wildman–Crippen MR) is 117 cm³/mol. The van der Waals surface area contributed by atoms with Gasteiger partial charge in [-0.3, -0.25) is 0 Å². The van der Waals surface area contributed by atoms with E-state index < -0.39 is 11.4 Å². The van der Waals surface area contributed by atoms with Crippen LogP contribution in [0.5, 0.6) is 0 Å². The van der Waals surface area contributed by atoms with E-state index in [1.54, 1.807) is 11.3 Å². The Labute approximate surface area is 172 Å². The van der Waals surface area contributed by atoms with E-state index in [4.69, 9.17) is 53.4 Å². The molecule has 0 spiro atoms. The Morgan fingerprint density at radius 2 is 1.42 bits per heavy atom. The Hall–Kier alpha value is -0.141. The molecular weight excluding hydrogens is 564 g/mol. The fourth-order valence-electron chi connectivity index (χ4n) is 2.74. The van der Waals surface area contributed by atoms with Gasteiger partial charge in [0.05, 0.1) is 5.39 Å². The van der Waals surface area contributed by atoms with Crippen molar-refractivity contribution in [1.82, 2.24) is 0 Å². The van der Waals surface area contributed by atoms with Crippen molar-refractivity contribution in [2.45, 2.75) is 0 Å². The molecule has 0 saturated carbocycles. The van der Waals surface area contributed by atoms with Crippen LogP contribution in [-0.4, -0.2) is 11.4 Å². The zero-order valence-electron chi connectivity index (χ0n) is 12.8. The molecule has 0 radical (unpaired) electrons. The number of rotatable bonds is 0. The third-order valence-electron chi connectivity index (χ3n) is 3.67. The maximum absolute atomic E-state index is 5.92. The van der Waals surface area contributed by atoms with Gasteiger partial charge in [-0.2, -0.15) is 4.42 Å². The van der Waals surface area contributed by atoms with Crippen LogP contribution in [0.2, 0.25) is 0 Å². The minimum atomic E-state index is -4.40. The second-order valence-corrected chi connectivity index (χ2v) is 48.9. The summed E-state index contributed by atoms with van der Waals surface area (Å²) >= 11 is -2.83. The Kier molecular flexibility index (Phi) is 4.97. The van der Waals surface area contributed by atoms with Crippen molar-refractivity contribution in [2.75, 3.05) is 0 Å². The van der Waals surface area contributed by atoms with Gasteiger partial charge in [0.25, 0.3) is 0 Å². The van der Waals surface area contributed by atoms with E-state index in [2.05, 4.69) is 18.2 Å². The molecule has 2 aliphatic rings. The summed E-state index contributed by atoms with van der Waals surface area (Å²) in [6.45, 7) is 0. The maximum Gasteiger partial charge on any atom is 0.421 e. The van der Waals surface area contributed by atoms with E-state index in [-0.39, 0.29) is 0 Å². The molecule has 0 atom stereocenters. The summed E-state index contributed by atoms with van der Waals surface area (Å²) in [6.07, 6.45) is 0. The zero-order valence-corrected chi connectivity index (χ0v) is 20.3. The van der Waals surface area contributed by atoms with E-state index in [1.165, 1.54) is 0 Å². The third kappa shape index (κ3) is 4.30. The van der Waals surface area contributed by atoms with Crippen LogP contribution < -0.4 is 0 Å². The Morgan fingerprint density at radius 3 is 2.15 bits per heavy atom. The minimum absolute atomic E-state index is 0.915. The topological polar surface area (TPSA) is 24.4 Å². The van der Waals surface area contributed by atoms with Crippen molar-refractivity contribution in [2.24, 2.45) is 0 Å². The molecular formula is C17H9Cl5O2SSn. The summed E-state index contributed by atoms with van der Waals surface area (Å²) in [6, 6.07) is 18.5. The van der Waals surface area contributed by atoms with Crippen molar-refractivity contribution in [3.63, 3.8) is 0 Å². The third-order valence-corrected chi connectivity index (χ3v) is 4.65. The number of furan rings is 2. The normalized spacial score (nSPS) is 13.7. The first-order chi connectivity index (χ1) is 12.1. The molecule has 2 aromatic carbocycles. The van der Waals surface area contributed by atoms with Crippen LogP contribution >= 0.6 is 55.9 Å². The number of benzene rings is 2. The first-order valence-corrected chi connectivity index (χ1v) is 26.3. The van der Waals surface area contributed by atoms with Crippen LogP contribution in [0.4, 0.5) is 0 Å². The molecule has 0 bridgehead atoms. The van der Waals surface area contributed by atoms with Crippen LogP contribution in [0.3, 0.4) is 0 Å². The second-order valence-electron chi connectivity index (χ2n) is 5.56. The van der Waals surface area contributed by atoms with Gasteiger partial charge in [0.15, 0.2) is 4.90 Å². The molecule has 1 aromatic heterocycles. The second kappa shape index (κ2) is 6.73. The molecule has 9 heteroatoms. The fraction of sp³-hybridized carbons (Fsp3) is 0. The Bertz CT molecular complexity index is 1200. The van der Waals surface area contributed by atoms with E-state index in [9.17, 15) is 0 Å². The predicted octanol–water partition coefficient (Wildman–Crippen LogP) is 8.85. The molecule has 5 rings (SSSR count). The number of para-hydroxylation sites is 2. The summed E-state index contributed by atoms with van der Waals surface area (Å²) in [5.74, 6) is 0. The number of hydrogen-bond donors (Lipinski definition) is 0. The molecule has 2 nitrogen and oxygen atoms in total. The number of hydrogen-bond acceptors (Lipinski definition) is 2. The Morgan fingerprint density at radius 1 is 0.808 bits per heavy atom. The van der Waals surface area contributed by atoms with Gasteiger partial charge in [-0.1, -0.05) is 30.3 Å². The monoisotopic (exact) mass is 572 g/mol. The van der Waals surface area contributed by atoms with Gasteiger partial charge in [-0.15, -0.1) is 0 Å². The van der Waals surface area contributed by atoms with Gasteiger partial charge < -0.3 is 4.42 Å². The van der Waals surface area contributed by atoms with Crippen LogP contribution in [0.25, 0.3) is 42.9 Å². The van der Waals surface area contributed by atoms with Gasteiger partial charge in [0, 0.05) is 28.2 Å². The summed E-state index contributed by atoms with van der Waals surface area (Å²) in [4.78, 5) is 0.915. The molecule has 26 heavy (non-hydrogen) atoms. The van der Waals surface area contributed by atoms with Crippen molar-refractivity contribution < 1.29 is 8.83 Å². The summed E-state index contributed by atoms with van der Waals surface area (Å²) in [5.41, 5.74) is 3.01. The van der Waals surface area contributed by atoms with Crippen molar-refractivity contribution >= 4 is 99.5 Å². The number of fused-ring (bicyclic) bond motifs is 6. The molecule has 0 fully saturated rings. The first kappa shape index (κ1) is 19.2. The van der Waals surface area contributed by atoms with Gasteiger partial charge in [-0.25, -0.2) is 0 Å². The first-order valence-electron chi connectivity index (χ1n) is 7.40. The van der Waals surface area contributed by atoms with Gasteiger partial charge in [-0.05, 0) is 18.2 Å². The van der Waals surface area contributed by atoms with Gasteiger partial charge in [0.2, 0.25) is 0 Å². The molecule has 0 aliphatic carbocycles. The quantitative estimate of drug-likeness (QED) is 0.137. The van der Waals surface area contributed by atoms with Crippen LogP contribution in [0.15, 0.2) is 63.4 Å². The van der Waals surface area contributed by atoms with E-state index in [0.29, 0.717) is 0 Å². The molecule has 0 unspecified atom stereocenters. The maximum atomic E-state index is 5.92. The largest absolute Gasteiger partial charge is 0.445 e. The van der Waals surface area contributed by atoms with E-state index in [0.717, 1.165) is 42.9 Å². The summed E-state index contributed by atoms with van der Waals surface area (Å²) < 4.78 is 11.8. The molecule has 0 amide bonds. The van der Waals surface area contributed by atoms with E-state index in [1.807, 2.05) is 36.4 Å². The molecule has 0 saturated heterocycles. The SMILES string of the molecule is [Cl][Sn-]([Cl])([Cl])([Cl])[Cl].c1ccc2c(c1)oc1sc3[o+]c4ccccc4c-3cc12. The standard InChI is InChI=1S/C17H9O2S.5ClH.Sn/c1-3-7-14-10(5-1)12-9-13-11-6-2-4-8-15(11)19-17(13)20-16(12)18-14;;;;;;/h1-9H;5*1H;/q+1;;;;;;+4/p-5. The fourth-order valence-corrected chi connectivity index (χ4v) is 3.73. The van der Waals surface area contributed by atoms with Gasteiger partial charge in [0.1, 0.15) is 11.1 Å². The smallest absolute Gasteiger partial charge is 0.421 e. The Balaban J connectivity index is 0.000000246. The minimum Gasteiger partial charge on any atom is -0.445 e. The molecule has 134 valence electrons. The summed E-state index contributed by atoms with van der Waals surface area (Å²) in [7, 11) is 25.3. The zero-order chi connectivity index (χ0) is 18.6. The van der Waals surface area contributed by atoms with Crippen molar-refractivity contribution in [3.05, 3.63) is 54.6 Å². The summed E-state index contributed by atoms with van der Waals surface area (Å²) in [5, 5.41) is 4.39. The van der Waals surface area contributed by atoms with Crippen LogP contribution in [0, 0.1) is 0 Å². The number of halogens is 5. The molecule has 0 N–H and O–H groups in total. The van der Waals surface area contributed by atoms with Crippen molar-refractivity contribution in [1.29, 1.82) is 0 Å². The van der Waals surface area contributed by atoms with E-state index >= 15 is 0 Å². The molecule has 3 aromatic rings. The van der Waals surface area contributed by atoms with Crippen LogP contribution in [-0.2, 0) is 0 Å². The van der Waals surface area contributed by atoms with Crippen molar-refractivity contribution in [3.8, 4) is 10.6 Å². The van der Waals surface area contributed by atoms with Crippen LogP contribution in [0.1, 0.15) is 0 Å². The molecule has 3 heterocycles. The van der Waals surface area contributed by atoms with Gasteiger partial charge >= 0.3 is 66.6 Å². The average molecular weight is 573 g/mol. The molecule has 2 aliphatic heterocycles.